The molecule has 0 radical (unpaired) electrons. The van der Waals surface area contributed by atoms with E-state index < -0.39 is 16.0 Å². The summed E-state index contributed by atoms with van der Waals surface area (Å²) in [5.74, 6) is -0.891. The Labute approximate surface area is 189 Å². The molecule has 2 aliphatic heterocycles. The van der Waals surface area contributed by atoms with Crippen molar-refractivity contribution in [1.82, 2.24) is 9.21 Å². The van der Waals surface area contributed by atoms with Crippen LogP contribution in [0.25, 0.3) is 0 Å². The van der Waals surface area contributed by atoms with Gasteiger partial charge >= 0.3 is 5.97 Å². The highest BCUT2D eigenvalue weighted by molar-refractivity contribution is 7.89. The zero-order valence-corrected chi connectivity index (χ0v) is 19.0. The van der Waals surface area contributed by atoms with Gasteiger partial charge in [0.05, 0.1) is 10.5 Å². The van der Waals surface area contributed by atoms with E-state index in [1.165, 1.54) is 34.1 Å². The third kappa shape index (κ3) is 4.71. The van der Waals surface area contributed by atoms with E-state index in [2.05, 4.69) is 6.07 Å². The fourth-order valence-corrected chi connectivity index (χ4v) is 6.04. The van der Waals surface area contributed by atoms with Crippen LogP contribution < -0.4 is 0 Å². The lowest BCUT2D eigenvalue weighted by Gasteiger charge is -2.32. The molecule has 0 aromatic heterocycles. The number of carbonyl (C=O) groups excluding carboxylic acids is 2. The van der Waals surface area contributed by atoms with E-state index in [1.807, 2.05) is 25.1 Å². The Balaban J connectivity index is 1.35. The van der Waals surface area contributed by atoms with Crippen molar-refractivity contribution in [3.8, 4) is 0 Å². The summed E-state index contributed by atoms with van der Waals surface area (Å²) in [7, 11) is -3.60. The number of nitrogens with zero attached hydrogens (tertiary/aromatic N) is 2. The van der Waals surface area contributed by atoms with Crippen molar-refractivity contribution in [2.75, 3.05) is 19.7 Å². The zero-order valence-electron chi connectivity index (χ0n) is 18.2. The van der Waals surface area contributed by atoms with Crippen LogP contribution >= 0.6 is 0 Å². The summed E-state index contributed by atoms with van der Waals surface area (Å²) in [6.45, 7) is 3.19. The van der Waals surface area contributed by atoms with Crippen molar-refractivity contribution >= 4 is 21.9 Å². The molecule has 0 saturated carbocycles. The molecule has 0 spiro atoms. The van der Waals surface area contributed by atoms with Crippen LogP contribution in [0.3, 0.4) is 0 Å². The molecule has 0 aliphatic carbocycles. The average molecular weight is 457 g/mol. The number of ether oxygens (including phenoxy) is 1. The number of carbonyl (C=O) groups is 2. The predicted molar refractivity (Wildman–Crippen MR) is 119 cm³/mol. The summed E-state index contributed by atoms with van der Waals surface area (Å²) in [6.07, 6.45) is 3.51. The van der Waals surface area contributed by atoms with Gasteiger partial charge in [-0.2, -0.15) is 4.31 Å². The minimum Gasteiger partial charge on any atom is -0.452 e. The fourth-order valence-electron chi connectivity index (χ4n) is 4.34. The summed E-state index contributed by atoms with van der Waals surface area (Å²) in [5.41, 5.74) is 2.56. The van der Waals surface area contributed by atoms with Gasteiger partial charge in [0.25, 0.3) is 5.91 Å². The van der Waals surface area contributed by atoms with E-state index in [1.54, 1.807) is 4.90 Å². The molecular formula is C24H28N2O5S. The number of hydrogen-bond donors (Lipinski definition) is 0. The minimum absolute atomic E-state index is 0.0360. The molecule has 2 aromatic rings. The van der Waals surface area contributed by atoms with Crippen molar-refractivity contribution in [2.45, 2.75) is 50.1 Å². The number of amides is 1. The van der Waals surface area contributed by atoms with E-state index in [4.69, 9.17) is 4.74 Å². The van der Waals surface area contributed by atoms with Crippen molar-refractivity contribution in [2.24, 2.45) is 0 Å². The van der Waals surface area contributed by atoms with Crippen molar-refractivity contribution in [1.29, 1.82) is 0 Å². The van der Waals surface area contributed by atoms with Crippen LogP contribution in [0.15, 0.2) is 53.4 Å². The van der Waals surface area contributed by atoms with Crippen LogP contribution in [0, 0.1) is 0 Å². The number of piperidine rings is 1. The van der Waals surface area contributed by atoms with Gasteiger partial charge in [-0.05, 0) is 61.6 Å². The number of rotatable bonds is 5. The number of fused-ring (bicyclic) bond motifs is 1. The maximum absolute atomic E-state index is 12.9. The van der Waals surface area contributed by atoms with Crippen LogP contribution in [0.2, 0.25) is 0 Å². The van der Waals surface area contributed by atoms with Gasteiger partial charge < -0.3 is 9.64 Å². The van der Waals surface area contributed by atoms with Gasteiger partial charge in [0.2, 0.25) is 10.0 Å². The normalized spacial score (nSPS) is 19.3. The second-order valence-corrected chi connectivity index (χ2v) is 10.3. The minimum atomic E-state index is -3.60. The standard InChI is InChI=1S/C24H28N2O5S/c1-18-6-4-5-14-26(18)32(29,30)22-11-9-20(10-12-22)24(28)31-17-23(27)25-15-13-19-7-2-3-8-21(19)16-25/h2-3,7-12,18H,4-6,13-17H2,1H3. The van der Waals surface area contributed by atoms with Crippen LogP contribution in [0.1, 0.15) is 47.7 Å². The van der Waals surface area contributed by atoms with Gasteiger partial charge in [0.1, 0.15) is 0 Å². The first kappa shape index (κ1) is 22.5. The first-order chi connectivity index (χ1) is 15.4. The van der Waals surface area contributed by atoms with Gasteiger partial charge in [0, 0.05) is 25.7 Å². The van der Waals surface area contributed by atoms with E-state index in [0.717, 1.165) is 31.2 Å². The average Bonchev–Trinajstić information content (AvgIpc) is 2.82. The first-order valence-electron chi connectivity index (χ1n) is 11.0. The van der Waals surface area contributed by atoms with Gasteiger partial charge in [-0.3, -0.25) is 4.79 Å². The van der Waals surface area contributed by atoms with E-state index in [9.17, 15) is 18.0 Å². The molecule has 170 valence electrons. The summed E-state index contributed by atoms with van der Waals surface area (Å²) in [4.78, 5) is 26.7. The monoisotopic (exact) mass is 456 g/mol. The molecule has 1 unspecified atom stereocenters. The van der Waals surface area contributed by atoms with Crippen molar-refractivity contribution in [3.63, 3.8) is 0 Å². The topological polar surface area (TPSA) is 84.0 Å². The summed E-state index contributed by atoms with van der Waals surface area (Å²) >= 11 is 0. The Morgan fingerprint density at radius 2 is 1.72 bits per heavy atom. The maximum Gasteiger partial charge on any atom is 0.338 e. The summed E-state index contributed by atoms with van der Waals surface area (Å²) in [5, 5.41) is 0. The Kier molecular flexibility index (Phi) is 6.62. The van der Waals surface area contributed by atoms with Crippen molar-refractivity contribution < 1.29 is 22.7 Å². The lowest BCUT2D eigenvalue weighted by atomic mass is 10.00. The van der Waals surface area contributed by atoms with Gasteiger partial charge in [-0.25, -0.2) is 13.2 Å². The predicted octanol–water partition coefficient (Wildman–Crippen LogP) is 2.99. The van der Waals surface area contributed by atoms with E-state index >= 15 is 0 Å². The Morgan fingerprint density at radius 1 is 1.00 bits per heavy atom. The quantitative estimate of drug-likeness (QED) is 0.646. The third-order valence-electron chi connectivity index (χ3n) is 6.25. The molecule has 7 nitrogen and oxygen atoms in total. The van der Waals surface area contributed by atoms with Gasteiger partial charge in [-0.1, -0.05) is 30.7 Å². The Morgan fingerprint density at radius 3 is 2.44 bits per heavy atom. The van der Waals surface area contributed by atoms with Gasteiger partial charge in [0.15, 0.2) is 6.61 Å². The zero-order chi connectivity index (χ0) is 22.7. The van der Waals surface area contributed by atoms with Crippen LogP contribution in [0.5, 0.6) is 0 Å². The lowest BCUT2D eigenvalue weighted by Crippen LogP contribution is -2.41. The Hall–Kier alpha value is -2.71. The highest BCUT2D eigenvalue weighted by atomic mass is 32.2. The molecule has 2 heterocycles. The molecule has 2 aliphatic rings. The molecule has 1 amide bonds. The highest BCUT2D eigenvalue weighted by Gasteiger charge is 2.31. The number of sulfonamides is 1. The number of hydrogen-bond acceptors (Lipinski definition) is 5. The summed E-state index contributed by atoms with van der Waals surface area (Å²) in [6, 6.07) is 13.7. The number of esters is 1. The lowest BCUT2D eigenvalue weighted by molar-refractivity contribution is -0.135. The van der Waals surface area contributed by atoms with Crippen molar-refractivity contribution in [3.05, 3.63) is 65.2 Å². The van der Waals surface area contributed by atoms with Gasteiger partial charge in [-0.15, -0.1) is 0 Å². The Bertz CT molecular complexity index is 1100. The molecule has 0 bridgehead atoms. The number of benzene rings is 2. The molecular weight excluding hydrogens is 428 g/mol. The second-order valence-electron chi connectivity index (χ2n) is 8.40. The second kappa shape index (κ2) is 9.42. The van der Waals surface area contributed by atoms with E-state index in [0.29, 0.717) is 19.6 Å². The van der Waals surface area contributed by atoms with E-state index in [-0.39, 0.29) is 29.0 Å². The molecule has 4 rings (SSSR count). The molecule has 1 atom stereocenters. The molecule has 0 N–H and O–H groups in total. The first-order valence-corrected chi connectivity index (χ1v) is 12.4. The smallest absolute Gasteiger partial charge is 0.338 e. The van der Waals surface area contributed by atoms with Crippen LogP contribution in [0.4, 0.5) is 0 Å². The molecule has 1 fully saturated rings. The molecule has 1 saturated heterocycles. The fraction of sp³-hybridized carbons (Fsp3) is 0.417. The molecule has 2 aromatic carbocycles. The summed E-state index contributed by atoms with van der Waals surface area (Å²) < 4.78 is 32.6. The highest BCUT2D eigenvalue weighted by Crippen LogP contribution is 2.25. The largest absolute Gasteiger partial charge is 0.452 e. The SMILES string of the molecule is CC1CCCCN1S(=O)(=O)c1ccc(C(=O)OCC(=O)N2CCc3ccccc3C2)cc1. The van der Waals surface area contributed by atoms with Crippen LogP contribution in [-0.2, 0) is 32.5 Å². The molecule has 8 heteroatoms. The third-order valence-corrected chi connectivity index (χ3v) is 8.28. The van der Waals surface area contributed by atoms with Crippen LogP contribution in [-0.4, -0.2) is 55.2 Å². The maximum atomic E-state index is 12.9. The molecule has 32 heavy (non-hydrogen) atoms.